The molecule has 0 fully saturated rings. The summed E-state index contributed by atoms with van der Waals surface area (Å²) in [6, 6.07) is 0. The lowest BCUT2D eigenvalue weighted by atomic mass is 10.2. The van der Waals surface area contributed by atoms with Gasteiger partial charge in [0, 0.05) is 25.0 Å². The fourth-order valence-corrected chi connectivity index (χ4v) is 1.37. The van der Waals surface area contributed by atoms with Crippen molar-refractivity contribution >= 4 is 11.9 Å². The van der Waals surface area contributed by atoms with Crippen LogP contribution in [0.15, 0.2) is 12.2 Å². The molecule has 4 heteroatoms. The van der Waals surface area contributed by atoms with Crippen LogP contribution >= 0.6 is 0 Å². The summed E-state index contributed by atoms with van der Waals surface area (Å²) in [6.07, 6.45) is 6.85. The van der Waals surface area contributed by atoms with E-state index in [1.807, 2.05) is 13.8 Å². The number of carbonyl (C=O) groups excluding carboxylic acids is 2. The molecule has 4 nitrogen and oxygen atoms in total. The quantitative estimate of drug-likeness (QED) is 0.283. The molecule has 0 N–H and O–H groups in total. The van der Waals surface area contributed by atoms with Crippen molar-refractivity contribution in [3.63, 3.8) is 0 Å². The first-order valence-corrected chi connectivity index (χ1v) is 7.65. The van der Waals surface area contributed by atoms with Gasteiger partial charge in [0.1, 0.15) is 6.10 Å². The lowest BCUT2D eigenvalue weighted by Crippen LogP contribution is -2.15. The second-order valence-corrected chi connectivity index (χ2v) is 4.63. The van der Waals surface area contributed by atoms with Crippen molar-refractivity contribution in [3.8, 4) is 11.8 Å². The molecule has 0 spiro atoms. The van der Waals surface area contributed by atoms with E-state index in [9.17, 15) is 9.59 Å². The van der Waals surface area contributed by atoms with Gasteiger partial charge in [0.2, 0.25) is 0 Å². The Kier molecular flexibility index (Phi) is 12.1. The van der Waals surface area contributed by atoms with Crippen molar-refractivity contribution < 1.29 is 19.1 Å². The average molecular weight is 294 g/mol. The molecule has 118 valence electrons. The predicted octanol–water partition coefficient (Wildman–Crippen LogP) is 3.40. The Bertz CT molecular complexity index is 387. The van der Waals surface area contributed by atoms with E-state index in [4.69, 9.17) is 9.47 Å². The Morgan fingerprint density at radius 1 is 1.05 bits per heavy atom. The van der Waals surface area contributed by atoms with Gasteiger partial charge in [-0.05, 0) is 19.3 Å². The summed E-state index contributed by atoms with van der Waals surface area (Å²) in [5.41, 5.74) is 0. The number of carbonyl (C=O) groups is 2. The fraction of sp³-hybridized carbons (Fsp3) is 0.647. The van der Waals surface area contributed by atoms with Crippen molar-refractivity contribution in [1.29, 1.82) is 0 Å². The van der Waals surface area contributed by atoms with E-state index < -0.39 is 11.9 Å². The predicted molar refractivity (Wildman–Crippen MR) is 82.5 cm³/mol. The molecule has 0 saturated carbocycles. The van der Waals surface area contributed by atoms with Crippen LogP contribution in [0.1, 0.15) is 59.3 Å². The molecule has 0 bridgehead atoms. The van der Waals surface area contributed by atoms with Gasteiger partial charge in [0.05, 0.1) is 6.61 Å². The van der Waals surface area contributed by atoms with Gasteiger partial charge < -0.3 is 9.47 Å². The van der Waals surface area contributed by atoms with Crippen molar-refractivity contribution in [2.24, 2.45) is 0 Å². The number of esters is 2. The van der Waals surface area contributed by atoms with Gasteiger partial charge in [-0.2, -0.15) is 0 Å². The van der Waals surface area contributed by atoms with Crippen LogP contribution in [0.25, 0.3) is 0 Å². The third-order valence-corrected chi connectivity index (χ3v) is 2.67. The van der Waals surface area contributed by atoms with Gasteiger partial charge in [-0.15, -0.1) is 5.92 Å². The van der Waals surface area contributed by atoms with Crippen LogP contribution in [-0.2, 0) is 19.1 Å². The van der Waals surface area contributed by atoms with Gasteiger partial charge in [-0.1, -0.05) is 33.1 Å². The first-order chi connectivity index (χ1) is 10.1. The van der Waals surface area contributed by atoms with Gasteiger partial charge in [0.15, 0.2) is 0 Å². The summed E-state index contributed by atoms with van der Waals surface area (Å²) in [6.45, 7) is 6.38. The van der Waals surface area contributed by atoms with E-state index in [-0.39, 0.29) is 6.10 Å². The number of unbranched alkanes of at least 4 members (excludes halogenated alkanes) is 2. The van der Waals surface area contributed by atoms with E-state index in [2.05, 4.69) is 18.8 Å². The zero-order chi connectivity index (χ0) is 15.9. The average Bonchev–Trinajstić information content (AvgIpc) is 2.48. The molecule has 0 amide bonds. The highest BCUT2D eigenvalue weighted by Gasteiger charge is 2.09. The molecule has 0 rings (SSSR count). The molecule has 0 aromatic heterocycles. The summed E-state index contributed by atoms with van der Waals surface area (Å²) >= 11 is 0. The molecule has 0 saturated heterocycles. The minimum Gasteiger partial charge on any atom is -0.463 e. The molecule has 1 atom stereocenters. The standard InChI is InChI=1S/C17H26O4/c1-4-7-9-10-11-15(6-3)21-17(19)13-12-16(18)20-14-8-5-2/h12-13,15H,4-8,11,14H2,1-3H3/b13-12+. The first-order valence-electron chi connectivity index (χ1n) is 7.65. The molecule has 0 radical (unpaired) electrons. The summed E-state index contributed by atoms with van der Waals surface area (Å²) in [5, 5.41) is 0. The summed E-state index contributed by atoms with van der Waals surface area (Å²) in [4.78, 5) is 22.9. The Balaban J connectivity index is 4.09. The van der Waals surface area contributed by atoms with Gasteiger partial charge in [0.25, 0.3) is 0 Å². The van der Waals surface area contributed by atoms with Gasteiger partial charge in [-0.3, -0.25) is 0 Å². The maximum atomic E-state index is 11.6. The second kappa shape index (κ2) is 13.2. The van der Waals surface area contributed by atoms with Crippen LogP contribution in [0.4, 0.5) is 0 Å². The molecule has 0 aliphatic carbocycles. The van der Waals surface area contributed by atoms with E-state index in [1.165, 1.54) is 0 Å². The van der Waals surface area contributed by atoms with E-state index >= 15 is 0 Å². The normalized spacial score (nSPS) is 11.6. The molecule has 0 aromatic rings. The maximum absolute atomic E-state index is 11.6. The van der Waals surface area contributed by atoms with Crippen molar-refractivity contribution in [2.45, 2.75) is 65.4 Å². The lowest BCUT2D eigenvalue weighted by molar-refractivity contribution is -0.144. The monoisotopic (exact) mass is 294 g/mol. The third-order valence-electron chi connectivity index (χ3n) is 2.67. The largest absolute Gasteiger partial charge is 0.463 e. The zero-order valence-corrected chi connectivity index (χ0v) is 13.3. The number of ether oxygens (including phenoxy) is 2. The molecule has 0 aliphatic rings. The molecule has 0 aliphatic heterocycles. The SMILES string of the molecule is CCCC#CCC(CC)OC(=O)/C=C/C(=O)OCCCC. The van der Waals surface area contributed by atoms with E-state index in [1.54, 1.807) is 0 Å². The minimum atomic E-state index is -0.536. The Hall–Kier alpha value is -1.76. The molecular formula is C17H26O4. The zero-order valence-electron chi connectivity index (χ0n) is 13.3. The molecule has 0 heterocycles. The van der Waals surface area contributed by atoms with Crippen LogP contribution in [0.3, 0.4) is 0 Å². The molecule has 21 heavy (non-hydrogen) atoms. The van der Waals surface area contributed by atoms with Crippen LogP contribution in [-0.4, -0.2) is 24.6 Å². The van der Waals surface area contributed by atoms with Crippen LogP contribution < -0.4 is 0 Å². The first kappa shape index (κ1) is 19.2. The summed E-state index contributed by atoms with van der Waals surface area (Å²) < 4.78 is 10.1. The fourth-order valence-electron chi connectivity index (χ4n) is 1.37. The van der Waals surface area contributed by atoms with Crippen LogP contribution in [0.2, 0.25) is 0 Å². The summed E-state index contributed by atoms with van der Waals surface area (Å²) in [7, 11) is 0. The van der Waals surface area contributed by atoms with Gasteiger partial charge in [-0.25, -0.2) is 9.59 Å². The van der Waals surface area contributed by atoms with Crippen LogP contribution in [0.5, 0.6) is 0 Å². The molecule has 1 unspecified atom stereocenters. The second-order valence-electron chi connectivity index (χ2n) is 4.63. The van der Waals surface area contributed by atoms with E-state index in [0.29, 0.717) is 19.4 Å². The highest BCUT2D eigenvalue weighted by molar-refractivity contribution is 5.91. The highest BCUT2D eigenvalue weighted by atomic mass is 16.5. The summed E-state index contributed by atoms with van der Waals surface area (Å²) in [5.74, 6) is 4.96. The van der Waals surface area contributed by atoms with Crippen molar-refractivity contribution in [3.05, 3.63) is 12.2 Å². The number of hydrogen-bond donors (Lipinski definition) is 0. The van der Waals surface area contributed by atoms with Crippen LogP contribution in [0, 0.1) is 11.8 Å². The molecule has 0 aromatic carbocycles. The third kappa shape index (κ3) is 11.7. The minimum absolute atomic E-state index is 0.234. The Labute approximate surface area is 127 Å². The molecular weight excluding hydrogens is 268 g/mol. The number of hydrogen-bond acceptors (Lipinski definition) is 4. The highest BCUT2D eigenvalue weighted by Crippen LogP contribution is 2.04. The lowest BCUT2D eigenvalue weighted by Gasteiger charge is -2.11. The Morgan fingerprint density at radius 3 is 2.38 bits per heavy atom. The van der Waals surface area contributed by atoms with Crippen molar-refractivity contribution in [2.75, 3.05) is 6.61 Å². The smallest absolute Gasteiger partial charge is 0.331 e. The maximum Gasteiger partial charge on any atom is 0.331 e. The van der Waals surface area contributed by atoms with Gasteiger partial charge >= 0.3 is 11.9 Å². The topological polar surface area (TPSA) is 52.6 Å². The van der Waals surface area contributed by atoms with Crippen molar-refractivity contribution in [1.82, 2.24) is 0 Å². The Morgan fingerprint density at radius 2 is 1.76 bits per heavy atom. The van der Waals surface area contributed by atoms with E-state index in [0.717, 1.165) is 37.8 Å². The number of rotatable bonds is 9.